The lowest BCUT2D eigenvalue weighted by molar-refractivity contribution is -0.384. The molecule has 1 aromatic carbocycles. The van der Waals surface area contributed by atoms with E-state index in [9.17, 15) is 24.5 Å². The molecule has 0 saturated carbocycles. The van der Waals surface area contributed by atoms with E-state index in [0.29, 0.717) is 18.2 Å². The van der Waals surface area contributed by atoms with Gasteiger partial charge in [-0.25, -0.2) is 4.79 Å². The summed E-state index contributed by atoms with van der Waals surface area (Å²) in [7, 11) is 0. The zero-order valence-corrected chi connectivity index (χ0v) is 17.3. The van der Waals surface area contributed by atoms with Crippen LogP contribution in [0.25, 0.3) is 0 Å². The standard InChI is InChI=1S/C20H28N4O6/c1-3-8-21-18(25)12-22-19(26)13-30-20(27)16-11-15(24(28)29)4-5-17(16)23-9-6-14(2)7-10-23/h4-5,11,14H,3,6-10,12-13H2,1-2H3,(H,21,25)(H,22,26). The summed E-state index contributed by atoms with van der Waals surface area (Å²) < 4.78 is 5.06. The first kappa shape index (κ1) is 23.1. The van der Waals surface area contributed by atoms with Gasteiger partial charge in [-0.1, -0.05) is 13.8 Å². The highest BCUT2D eigenvalue weighted by Crippen LogP contribution is 2.29. The third kappa shape index (κ3) is 6.71. The van der Waals surface area contributed by atoms with Crippen molar-refractivity contribution in [2.45, 2.75) is 33.1 Å². The van der Waals surface area contributed by atoms with Crippen LogP contribution in [0.5, 0.6) is 0 Å². The second kappa shape index (κ2) is 11.1. The first-order valence-corrected chi connectivity index (χ1v) is 10.1. The Morgan fingerprint density at radius 1 is 1.20 bits per heavy atom. The van der Waals surface area contributed by atoms with Crippen molar-refractivity contribution in [2.24, 2.45) is 5.92 Å². The molecule has 0 aromatic heterocycles. The molecule has 1 heterocycles. The normalized spacial score (nSPS) is 14.1. The maximum absolute atomic E-state index is 12.6. The number of benzene rings is 1. The molecule has 10 heteroatoms. The van der Waals surface area contributed by atoms with Crippen LogP contribution in [0.15, 0.2) is 18.2 Å². The van der Waals surface area contributed by atoms with E-state index >= 15 is 0 Å². The lowest BCUT2D eigenvalue weighted by atomic mass is 9.98. The van der Waals surface area contributed by atoms with E-state index in [1.165, 1.54) is 12.1 Å². The molecule has 0 bridgehead atoms. The molecule has 1 aliphatic heterocycles. The van der Waals surface area contributed by atoms with Crippen LogP contribution in [0, 0.1) is 16.0 Å². The Balaban J connectivity index is 2.02. The zero-order chi connectivity index (χ0) is 22.1. The molecule has 0 unspecified atom stereocenters. The molecule has 1 aliphatic rings. The Labute approximate surface area is 175 Å². The number of esters is 1. The van der Waals surface area contributed by atoms with Crippen LogP contribution in [-0.4, -0.2) is 55.5 Å². The number of rotatable bonds is 9. The molecule has 0 aliphatic carbocycles. The summed E-state index contributed by atoms with van der Waals surface area (Å²) in [6.45, 7) is 5.23. The van der Waals surface area contributed by atoms with Gasteiger partial charge in [-0.2, -0.15) is 0 Å². The molecular weight excluding hydrogens is 392 g/mol. The number of nitrogens with one attached hydrogen (secondary N) is 2. The number of hydrogen-bond donors (Lipinski definition) is 2. The topological polar surface area (TPSA) is 131 Å². The van der Waals surface area contributed by atoms with Crippen LogP contribution in [0.1, 0.15) is 43.5 Å². The van der Waals surface area contributed by atoms with Gasteiger partial charge in [0.05, 0.1) is 22.7 Å². The van der Waals surface area contributed by atoms with Gasteiger partial charge in [0.15, 0.2) is 6.61 Å². The number of hydrogen-bond acceptors (Lipinski definition) is 7. The monoisotopic (exact) mass is 420 g/mol. The van der Waals surface area contributed by atoms with E-state index in [0.717, 1.165) is 32.4 Å². The summed E-state index contributed by atoms with van der Waals surface area (Å²) in [5.41, 5.74) is 0.372. The van der Waals surface area contributed by atoms with Crippen molar-refractivity contribution >= 4 is 29.2 Å². The van der Waals surface area contributed by atoms with Gasteiger partial charge in [0, 0.05) is 31.8 Å². The maximum Gasteiger partial charge on any atom is 0.341 e. The third-order valence-corrected chi connectivity index (χ3v) is 4.89. The molecule has 164 valence electrons. The smallest absolute Gasteiger partial charge is 0.341 e. The van der Waals surface area contributed by atoms with Crippen molar-refractivity contribution in [1.29, 1.82) is 0 Å². The lowest BCUT2D eigenvalue weighted by Gasteiger charge is -2.33. The molecule has 0 radical (unpaired) electrons. The van der Waals surface area contributed by atoms with Gasteiger partial charge in [0.25, 0.3) is 11.6 Å². The summed E-state index contributed by atoms with van der Waals surface area (Å²) in [5.74, 6) is -1.21. The average Bonchev–Trinajstić information content (AvgIpc) is 2.74. The number of non-ortho nitro benzene ring substituents is 1. The highest BCUT2D eigenvalue weighted by Gasteiger charge is 2.24. The fraction of sp³-hybridized carbons (Fsp3) is 0.550. The van der Waals surface area contributed by atoms with Crippen LogP contribution < -0.4 is 15.5 Å². The Hall–Kier alpha value is -3.17. The highest BCUT2D eigenvalue weighted by atomic mass is 16.6. The predicted octanol–water partition coefficient (Wildman–Crippen LogP) is 1.63. The number of amides is 2. The molecule has 2 amide bonds. The van der Waals surface area contributed by atoms with Crippen molar-refractivity contribution in [3.05, 3.63) is 33.9 Å². The van der Waals surface area contributed by atoms with Crippen LogP contribution in [0.4, 0.5) is 11.4 Å². The second-order valence-electron chi connectivity index (χ2n) is 7.33. The van der Waals surface area contributed by atoms with Crippen molar-refractivity contribution in [2.75, 3.05) is 37.7 Å². The number of carbonyl (C=O) groups excluding carboxylic acids is 3. The van der Waals surface area contributed by atoms with E-state index in [1.807, 2.05) is 11.8 Å². The van der Waals surface area contributed by atoms with Crippen LogP contribution in [0.2, 0.25) is 0 Å². The first-order chi connectivity index (χ1) is 14.3. The van der Waals surface area contributed by atoms with E-state index in [4.69, 9.17) is 4.74 Å². The van der Waals surface area contributed by atoms with Gasteiger partial charge >= 0.3 is 5.97 Å². The van der Waals surface area contributed by atoms with Crippen molar-refractivity contribution in [3.63, 3.8) is 0 Å². The van der Waals surface area contributed by atoms with E-state index in [2.05, 4.69) is 17.6 Å². The quantitative estimate of drug-likeness (QED) is 0.353. The van der Waals surface area contributed by atoms with Crippen LogP contribution in [-0.2, 0) is 14.3 Å². The summed E-state index contributed by atoms with van der Waals surface area (Å²) in [5, 5.41) is 16.1. The largest absolute Gasteiger partial charge is 0.452 e. The van der Waals surface area contributed by atoms with E-state index in [-0.39, 0.29) is 23.7 Å². The van der Waals surface area contributed by atoms with Crippen molar-refractivity contribution < 1.29 is 24.0 Å². The minimum Gasteiger partial charge on any atom is -0.452 e. The molecular formula is C20H28N4O6. The summed E-state index contributed by atoms with van der Waals surface area (Å²) >= 11 is 0. The Kier molecular flexibility index (Phi) is 8.57. The molecule has 0 spiro atoms. The van der Waals surface area contributed by atoms with Crippen LogP contribution in [0.3, 0.4) is 0 Å². The molecule has 1 fully saturated rings. The Morgan fingerprint density at radius 3 is 2.53 bits per heavy atom. The van der Waals surface area contributed by atoms with Gasteiger partial charge in [-0.05, 0) is 31.2 Å². The highest BCUT2D eigenvalue weighted by molar-refractivity contribution is 5.98. The number of nitrogens with zero attached hydrogens (tertiary/aromatic N) is 2. The summed E-state index contributed by atoms with van der Waals surface area (Å²) in [6.07, 6.45) is 2.68. The number of piperidine rings is 1. The van der Waals surface area contributed by atoms with Crippen LogP contribution >= 0.6 is 0 Å². The number of ether oxygens (including phenoxy) is 1. The molecule has 1 aromatic rings. The third-order valence-electron chi connectivity index (χ3n) is 4.89. The maximum atomic E-state index is 12.6. The van der Waals surface area contributed by atoms with Gasteiger partial charge in [0.1, 0.15) is 0 Å². The SMILES string of the molecule is CCCNC(=O)CNC(=O)COC(=O)c1cc([N+](=O)[O-])ccc1N1CCC(C)CC1. The number of nitro groups is 1. The van der Waals surface area contributed by atoms with Gasteiger partial charge in [0.2, 0.25) is 5.91 Å². The van der Waals surface area contributed by atoms with Crippen molar-refractivity contribution in [3.8, 4) is 0 Å². The average molecular weight is 420 g/mol. The van der Waals surface area contributed by atoms with E-state index in [1.54, 1.807) is 6.07 Å². The van der Waals surface area contributed by atoms with Gasteiger partial charge < -0.3 is 20.3 Å². The minimum atomic E-state index is -0.821. The zero-order valence-electron chi connectivity index (χ0n) is 17.3. The molecule has 1 saturated heterocycles. The number of nitro benzene ring substituents is 1. The second-order valence-corrected chi connectivity index (χ2v) is 7.33. The summed E-state index contributed by atoms with van der Waals surface area (Å²) in [4.78, 5) is 48.5. The molecule has 2 rings (SSSR count). The lowest BCUT2D eigenvalue weighted by Crippen LogP contribution is -2.39. The van der Waals surface area contributed by atoms with Gasteiger partial charge in [-0.3, -0.25) is 19.7 Å². The summed E-state index contributed by atoms with van der Waals surface area (Å²) in [6, 6.07) is 4.07. The molecule has 10 nitrogen and oxygen atoms in total. The molecule has 0 atom stereocenters. The number of carbonyl (C=O) groups is 3. The van der Waals surface area contributed by atoms with Crippen molar-refractivity contribution in [1.82, 2.24) is 10.6 Å². The molecule has 2 N–H and O–H groups in total. The Bertz CT molecular complexity index is 790. The molecule has 30 heavy (non-hydrogen) atoms. The predicted molar refractivity (Wildman–Crippen MR) is 110 cm³/mol. The minimum absolute atomic E-state index is 0.0484. The fourth-order valence-electron chi connectivity index (χ4n) is 3.09. The fourth-order valence-corrected chi connectivity index (χ4v) is 3.09. The van der Waals surface area contributed by atoms with E-state index < -0.39 is 23.4 Å². The number of anilines is 1. The Morgan fingerprint density at radius 2 is 1.90 bits per heavy atom. The van der Waals surface area contributed by atoms with Gasteiger partial charge in [-0.15, -0.1) is 0 Å². The first-order valence-electron chi connectivity index (χ1n) is 10.1.